The van der Waals surface area contributed by atoms with Crippen LogP contribution < -0.4 is 5.32 Å². The third kappa shape index (κ3) is 2.93. The minimum atomic E-state index is -0.743. The number of likely N-dealkylation sites (tertiary alicyclic amines) is 1. The summed E-state index contributed by atoms with van der Waals surface area (Å²) in [7, 11) is 0. The quantitative estimate of drug-likeness (QED) is 0.808. The maximum Gasteiger partial charge on any atom is 0.325 e. The van der Waals surface area contributed by atoms with Crippen LogP contribution in [0.3, 0.4) is 0 Å². The predicted molar refractivity (Wildman–Crippen MR) is 80.8 cm³/mol. The van der Waals surface area contributed by atoms with Crippen molar-refractivity contribution < 1.29 is 9.59 Å². The van der Waals surface area contributed by atoms with E-state index >= 15 is 0 Å². The number of imide groups is 1. The lowest BCUT2D eigenvalue weighted by Gasteiger charge is -2.41. The van der Waals surface area contributed by atoms with Crippen LogP contribution in [0.5, 0.6) is 0 Å². The molecule has 118 valence electrons. The third-order valence-electron chi connectivity index (χ3n) is 5.46. The first-order chi connectivity index (χ1) is 9.97. The zero-order chi connectivity index (χ0) is 15.0. The van der Waals surface area contributed by atoms with E-state index in [1.165, 1.54) is 37.0 Å². The molecule has 1 aliphatic carbocycles. The van der Waals surface area contributed by atoms with E-state index in [4.69, 9.17) is 0 Å². The highest BCUT2D eigenvalue weighted by molar-refractivity contribution is 6.06. The summed E-state index contributed by atoms with van der Waals surface area (Å²) < 4.78 is 0. The molecular formula is C16H27N3O2. The van der Waals surface area contributed by atoms with Crippen molar-refractivity contribution >= 4 is 11.9 Å². The fourth-order valence-electron chi connectivity index (χ4n) is 4.14. The van der Waals surface area contributed by atoms with Crippen LogP contribution in [0.15, 0.2) is 0 Å². The minimum absolute atomic E-state index is 0.0972. The molecule has 3 amide bonds. The molecule has 0 bridgehead atoms. The second-order valence-electron chi connectivity index (χ2n) is 7.41. The highest BCUT2D eigenvalue weighted by Crippen LogP contribution is 2.35. The average Bonchev–Trinajstić information content (AvgIpc) is 2.65. The molecule has 0 radical (unpaired) electrons. The van der Waals surface area contributed by atoms with Crippen molar-refractivity contribution in [2.45, 2.75) is 51.5 Å². The van der Waals surface area contributed by atoms with Gasteiger partial charge in [-0.05, 0) is 45.1 Å². The van der Waals surface area contributed by atoms with Gasteiger partial charge in [0.15, 0.2) is 0 Å². The number of nitrogens with zero attached hydrogens (tertiary/aromatic N) is 2. The molecule has 5 heteroatoms. The highest BCUT2D eigenvalue weighted by Gasteiger charge is 2.44. The maximum absolute atomic E-state index is 12.2. The Morgan fingerprint density at radius 2 is 1.81 bits per heavy atom. The number of rotatable bonds is 3. The van der Waals surface area contributed by atoms with Crippen LogP contribution in [0.4, 0.5) is 4.79 Å². The highest BCUT2D eigenvalue weighted by atomic mass is 16.2. The molecule has 3 rings (SSSR count). The van der Waals surface area contributed by atoms with E-state index in [-0.39, 0.29) is 11.9 Å². The molecule has 0 aromatic heterocycles. The minimum Gasteiger partial charge on any atom is -0.324 e. The van der Waals surface area contributed by atoms with E-state index in [2.05, 4.69) is 10.2 Å². The summed E-state index contributed by atoms with van der Waals surface area (Å²) >= 11 is 0. The van der Waals surface area contributed by atoms with Gasteiger partial charge in [-0.3, -0.25) is 9.69 Å². The topological polar surface area (TPSA) is 52.7 Å². The summed E-state index contributed by atoms with van der Waals surface area (Å²) in [6, 6.07) is -0.238. The number of urea groups is 1. The van der Waals surface area contributed by atoms with Crippen LogP contribution in [0.25, 0.3) is 0 Å². The number of piperidine rings is 1. The Morgan fingerprint density at radius 3 is 2.48 bits per heavy atom. The first-order valence-electron chi connectivity index (χ1n) is 8.34. The fraction of sp³-hybridized carbons (Fsp3) is 0.875. The lowest BCUT2D eigenvalue weighted by atomic mass is 9.75. The van der Waals surface area contributed by atoms with E-state index in [0.29, 0.717) is 6.54 Å². The van der Waals surface area contributed by atoms with Gasteiger partial charge < -0.3 is 10.2 Å². The Kier molecular flexibility index (Phi) is 3.95. The fourth-order valence-corrected chi connectivity index (χ4v) is 4.14. The normalized spacial score (nSPS) is 33.0. The van der Waals surface area contributed by atoms with E-state index < -0.39 is 5.54 Å². The Morgan fingerprint density at radius 1 is 1.10 bits per heavy atom. The van der Waals surface area contributed by atoms with Crippen LogP contribution >= 0.6 is 0 Å². The Balaban J connectivity index is 1.52. The molecule has 1 N–H and O–H groups in total. The van der Waals surface area contributed by atoms with Crippen molar-refractivity contribution in [1.29, 1.82) is 0 Å². The first-order valence-corrected chi connectivity index (χ1v) is 8.34. The second kappa shape index (κ2) is 5.59. The maximum atomic E-state index is 12.2. The van der Waals surface area contributed by atoms with Crippen molar-refractivity contribution in [2.24, 2.45) is 11.8 Å². The zero-order valence-corrected chi connectivity index (χ0v) is 13.2. The van der Waals surface area contributed by atoms with E-state index in [9.17, 15) is 9.59 Å². The molecular weight excluding hydrogens is 266 g/mol. The number of hydrogen-bond donors (Lipinski definition) is 1. The standard InChI is InChI=1S/C16H27N3O2/c1-16(2)14(20)19(15(21)17-16)10-9-18-8-7-12-5-3-4-6-13(12)11-18/h12-13H,3-11H2,1-2H3,(H,17,21)/t12-,13+/m0/s1. The summed E-state index contributed by atoms with van der Waals surface area (Å²) in [4.78, 5) is 27.9. The van der Waals surface area contributed by atoms with Gasteiger partial charge in [-0.2, -0.15) is 0 Å². The molecule has 0 aromatic rings. The molecule has 2 aliphatic heterocycles. The Labute approximate surface area is 127 Å². The number of nitrogens with one attached hydrogen (secondary N) is 1. The largest absolute Gasteiger partial charge is 0.325 e. The number of carbonyl (C=O) groups excluding carboxylic acids is 2. The smallest absolute Gasteiger partial charge is 0.324 e. The first kappa shape index (κ1) is 14.8. The molecule has 2 atom stereocenters. The summed E-state index contributed by atoms with van der Waals surface area (Å²) in [5, 5.41) is 2.74. The summed E-state index contributed by atoms with van der Waals surface area (Å²) in [5.74, 6) is 1.66. The van der Waals surface area contributed by atoms with Gasteiger partial charge in [0.2, 0.25) is 0 Å². The van der Waals surface area contributed by atoms with Gasteiger partial charge in [0.1, 0.15) is 5.54 Å². The number of carbonyl (C=O) groups is 2. The lowest BCUT2D eigenvalue weighted by molar-refractivity contribution is -0.130. The van der Waals surface area contributed by atoms with Crippen molar-refractivity contribution in [3.05, 3.63) is 0 Å². The van der Waals surface area contributed by atoms with Gasteiger partial charge in [0.05, 0.1) is 0 Å². The number of fused-ring (bicyclic) bond motifs is 1. The summed E-state index contributed by atoms with van der Waals surface area (Å²) in [6.45, 7) is 7.14. The van der Waals surface area contributed by atoms with Gasteiger partial charge >= 0.3 is 6.03 Å². The number of amides is 3. The SMILES string of the molecule is CC1(C)NC(=O)N(CCN2CC[C@@H]3CCCC[C@@H]3C2)C1=O. The van der Waals surface area contributed by atoms with Gasteiger partial charge in [-0.25, -0.2) is 4.79 Å². The average molecular weight is 293 g/mol. The molecule has 1 saturated carbocycles. The molecule has 2 heterocycles. The zero-order valence-electron chi connectivity index (χ0n) is 13.2. The van der Waals surface area contributed by atoms with Crippen LogP contribution in [-0.2, 0) is 4.79 Å². The van der Waals surface area contributed by atoms with Crippen molar-refractivity contribution in [3.63, 3.8) is 0 Å². The second-order valence-corrected chi connectivity index (χ2v) is 7.41. The Hall–Kier alpha value is -1.10. The van der Waals surface area contributed by atoms with E-state index in [1.807, 2.05) is 0 Å². The lowest BCUT2D eigenvalue weighted by Crippen LogP contribution is -2.46. The van der Waals surface area contributed by atoms with Gasteiger partial charge in [-0.1, -0.05) is 19.3 Å². The molecule has 3 aliphatic rings. The van der Waals surface area contributed by atoms with Gasteiger partial charge in [-0.15, -0.1) is 0 Å². The molecule has 3 fully saturated rings. The van der Waals surface area contributed by atoms with Gasteiger partial charge in [0.25, 0.3) is 5.91 Å². The molecule has 5 nitrogen and oxygen atoms in total. The summed E-state index contributed by atoms with van der Waals surface area (Å²) in [6.07, 6.45) is 6.82. The van der Waals surface area contributed by atoms with Crippen LogP contribution in [0.1, 0.15) is 46.0 Å². The third-order valence-corrected chi connectivity index (χ3v) is 5.46. The molecule has 0 aromatic carbocycles. The van der Waals surface area contributed by atoms with Crippen LogP contribution in [0, 0.1) is 11.8 Å². The van der Waals surface area contributed by atoms with E-state index in [1.54, 1.807) is 13.8 Å². The van der Waals surface area contributed by atoms with Crippen molar-refractivity contribution in [3.8, 4) is 0 Å². The van der Waals surface area contributed by atoms with Crippen LogP contribution in [0.2, 0.25) is 0 Å². The molecule has 0 unspecified atom stereocenters. The Bertz CT molecular complexity index is 435. The molecule has 2 saturated heterocycles. The van der Waals surface area contributed by atoms with E-state index in [0.717, 1.165) is 31.5 Å². The van der Waals surface area contributed by atoms with Crippen molar-refractivity contribution in [1.82, 2.24) is 15.1 Å². The van der Waals surface area contributed by atoms with Gasteiger partial charge in [0, 0.05) is 19.6 Å². The molecule has 21 heavy (non-hydrogen) atoms. The van der Waals surface area contributed by atoms with Crippen LogP contribution in [-0.4, -0.2) is 53.5 Å². The molecule has 0 spiro atoms. The number of hydrogen-bond acceptors (Lipinski definition) is 3. The summed E-state index contributed by atoms with van der Waals surface area (Å²) in [5.41, 5.74) is -0.743. The monoisotopic (exact) mass is 293 g/mol. The predicted octanol–water partition coefficient (Wildman–Crippen LogP) is 1.83. The van der Waals surface area contributed by atoms with Crippen molar-refractivity contribution in [2.75, 3.05) is 26.2 Å².